The van der Waals surface area contributed by atoms with Crippen molar-refractivity contribution in [2.75, 3.05) is 26.2 Å². The number of ether oxygens (including phenoxy) is 1. The van der Waals surface area contributed by atoms with Crippen molar-refractivity contribution in [1.82, 2.24) is 20.5 Å². The van der Waals surface area contributed by atoms with E-state index in [9.17, 15) is 9.18 Å². The Morgan fingerprint density at radius 2 is 2.31 bits per heavy atom. The third-order valence-corrected chi connectivity index (χ3v) is 4.99. The van der Waals surface area contributed by atoms with E-state index in [-0.39, 0.29) is 18.0 Å². The zero-order valence-electron chi connectivity index (χ0n) is 14.4. The van der Waals surface area contributed by atoms with Crippen LogP contribution in [-0.2, 0) is 17.6 Å². The van der Waals surface area contributed by atoms with Crippen LogP contribution in [0.1, 0.15) is 17.5 Å². The summed E-state index contributed by atoms with van der Waals surface area (Å²) in [6.45, 7) is 2.75. The summed E-state index contributed by atoms with van der Waals surface area (Å²) in [7, 11) is 0. The van der Waals surface area contributed by atoms with Gasteiger partial charge in [0, 0.05) is 25.2 Å². The van der Waals surface area contributed by atoms with Gasteiger partial charge in [0.25, 0.3) is 0 Å². The highest BCUT2D eigenvalue weighted by molar-refractivity contribution is 5.73. The first-order valence-electron chi connectivity index (χ1n) is 8.97. The molecule has 2 atom stereocenters. The molecule has 0 spiro atoms. The molecule has 1 aliphatic carbocycles. The molecule has 3 heterocycles. The first kappa shape index (κ1) is 17.0. The smallest absolute Gasteiger partial charge is 0.415 e. The van der Waals surface area contributed by atoms with Crippen LogP contribution in [0, 0.1) is 11.7 Å². The van der Waals surface area contributed by atoms with E-state index < -0.39 is 0 Å². The van der Waals surface area contributed by atoms with Crippen LogP contribution in [0.4, 0.5) is 9.18 Å². The summed E-state index contributed by atoms with van der Waals surface area (Å²) >= 11 is 0. The number of carbonyl (C=O) groups excluding carboxylic acids is 1. The Balaban J connectivity index is 1.19. The van der Waals surface area contributed by atoms with Gasteiger partial charge in [-0.05, 0) is 49.4 Å². The standard InChI is InChI=1S/C18H22FN5O2/c19-16-9-22-8-13-5-12(6-15(13)16)7-20-2-1-14-11-24(18(25)26-14)17-10-21-3-4-23-17/h4,8-10,12,14,20-21H,1-3,5-7,11H2. The van der Waals surface area contributed by atoms with Crippen molar-refractivity contribution < 1.29 is 13.9 Å². The molecule has 0 aromatic carbocycles. The Bertz CT molecular complexity index is 751. The number of pyridine rings is 1. The Labute approximate surface area is 151 Å². The highest BCUT2D eigenvalue weighted by Gasteiger charge is 2.33. The molecule has 1 fully saturated rings. The van der Waals surface area contributed by atoms with Crippen LogP contribution in [0.5, 0.6) is 0 Å². The Kier molecular flexibility index (Phi) is 4.83. The maximum atomic E-state index is 13.7. The number of amides is 1. The van der Waals surface area contributed by atoms with E-state index in [1.807, 2.05) is 0 Å². The fourth-order valence-corrected chi connectivity index (χ4v) is 3.68. The molecule has 3 aliphatic rings. The van der Waals surface area contributed by atoms with Gasteiger partial charge in [0.2, 0.25) is 0 Å². The number of nitrogens with one attached hydrogen (secondary N) is 2. The minimum Gasteiger partial charge on any atom is -0.444 e. The number of rotatable bonds is 6. The SMILES string of the molecule is O=C1OC(CCNCC2Cc3cncc(F)c3C2)CN1C1=CNCC=N1. The number of aliphatic imine (C=N–C) groups is 1. The molecular weight excluding hydrogens is 337 g/mol. The predicted molar refractivity (Wildman–Crippen MR) is 94.1 cm³/mol. The average molecular weight is 359 g/mol. The van der Waals surface area contributed by atoms with Crippen molar-refractivity contribution in [3.63, 3.8) is 0 Å². The molecule has 0 saturated carbocycles. The Morgan fingerprint density at radius 1 is 1.38 bits per heavy atom. The molecule has 1 aromatic rings. The molecule has 1 aromatic heterocycles. The molecule has 8 heteroatoms. The Hall–Kier alpha value is -2.48. The summed E-state index contributed by atoms with van der Waals surface area (Å²) in [5.74, 6) is 0.785. The fraction of sp³-hybridized carbons (Fsp3) is 0.500. The van der Waals surface area contributed by atoms with Crippen LogP contribution in [0.15, 0.2) is 29.4 Å². The average Bonchev–Trinajstić information content (AvgIpc) is 3.23. The van der Waals surface area contributed by atoms with Gasteiger partial charge in [-0.3, -0.25) is 9.88 Å². The van der Waals surface area contributed by atoms with E-state index in [2.05, 4.69) is 20.6 Å². The fourth-order valence-electron chi connectivity index (χ4n) is 3.68. The topological polar surface area (TPSA) is 78.8 Å². The van der Waals surface area contributed by atoms with E-state index in [0.717, 1.165) is 43.5 Å². The predicted octanol–water partition coefficient (Wildman–Crippen LogP) is 1.21. The number of halogens is 1. The van der Waals surface area contributed by atoms with Gasteiger partial charge in [-0.25, -0.2) is 14.2 Å². The molecule has 1 amide bonds. The lowest BCUT2D eigenvalue weighted by Crippen LogP contribution is -2.29. The molecule has 138 valence electrons. The van der Waals surface area contributed by atoms with Crippen LogP contribution in [0.3, 0.4) is 0 Å². The van der Waals surface area contributed by atoms with Crippen molar-refractivity contribution in [3.8, 4) is 0 Å². The summed E-state index contributed by atoms with van der Waals surface area (Å²) in [6.07, 6.45) is 8.37. The molecule has 2 N–H and O–H groups in total. The lowest BCUT2D eigenvalue weighted by molar-refractivity contribution is 0.130. The second-order valence-electron chi connectivity index (χ2n) is 6.86. The highest BCUT2D eigenvalue weighted by atomic mass is 19.1. The van der Waals surface area contributed by atoms with Gasteiger partial charge in [0.1, 0.15) is 11.9 Å². The minimum absolute atomic E-state index is 0.143. The van der Waals surface area contributed by atoms with Crippen molar-refractivity contribution in [2.45, 2.75) is 25.4 Å². The minimum atomic E-state index is -0.351. The quantitative estimate of drug-likeness (QED) is 0.747. The summed E-state index contributed by atoms with van der Waals surface area (Å²) < 4.78 is 19.1. The zero-order chi connectivity index (χ0) is 17.9. The molecule has 4 rings (SSSR count). The number of carbonyl (C=O) groups is 1. The monoisotopic (exact) mass is 359 g/mol. The van der Waals surface area contributed by atoms with Gasteiger partial charge >= 0.3 is 6.09 Å². The van der Waals surface area contributed by atoms with Gasteiger partial charge < -0.3 is 15.4 Å². The first-order chi connectivity index (χ1) is 12.7. The molecule has 26 heavy (non-hydrogen) atoms. The first-order valence-corrected chi connectivity index (χ1v) is 8.97. The summed E-state index contributed by atoms with van der Waals surface area (Å²) in [5, 5.41) is 6.45. The molecule has 0 bridgehead atoms. The number of hydrogen-bond acceptors (Lipinski definition) is 6. The highest BCUT2D eigenvalue weighted by Crippen LogP contribution is 2.27. The van der Waals surface area contributed by atoms with Gasteiger partial charge in [0.05, 0.1) is 12.7 Å². The van der Waals surface area contributed by atoms with E-state index in [0.29, 0.717) is 24.8 Å². The summed E-state index contributed by atoms with van der Waals surface area (Å²) in [6, 6.07) is 0. The van der Waals surface area contributed by atoms with Gasteiger partial charge in [-0.15, -0.1) is 0 Å². The van der Waals surface area contributed by atoms with Crippen molar-refractivity contribution in [3.05, 3.63) is 41.4 Å². The Morgan fingerprint density at radius 3 is 3.12 bits per heavy atom. The maximum Gasteiger partial charge on any atom is 0.415 e. The molecule has 2 unspecified atom stereocenters. The molecule has 1 saturated heterocycles. The van der Waals surface area contributed by atoms with E-state index >= 15 is 0 Å². The van der Waals surface area contributed by atoms with Crippen LogP contribution in [0.25, 0.3) is 0 Å². The van der Waals surface area contributed by atoms with Crippen LogP contribution < -0.4 is 10.6 Å². The van der Waals surface area contributed by atoms with Crippen LogP contribution >= 0.6 is 0 Å². The summed E-state index contributed by atoms with van der Waals surface area (Å²) in [5.41, 5.74) is 1.83. The number of fused-ring (bicyclic) bond motifs is 1. The zero-order valence-corrected chi connectivity index (χ0v) is 14.4. The number of hydrogen-bond donors (Lipinski definition) is 2. The van der Waals surface area contributed by atoms with Crippen LogP contribution in [0.2, 0.25) is 0 Å². The van der Waals surface area contributed by atoms with Crippen molar-refractivity contribution >= 4 is 12.3 Å². The molecule has 7 nitrogen and oxygen atoms in total. The second kappa shape index (κ2) is 7.41. The maximum absolute atomic E-state index is 13.7. The van der Waals surface area contributed by atoms with Crippen LogP contribution in [-0.4, -0.2) is 54.5 Å². The van der Waals surface area contributed by atoms with E-state index in [4.69, 9.17) is 4.74 Å². The molecular formula is C18H22FN5O2. The number of cyclic esters (lactones) is 1. The third kappa shape index (κ3) is 3.55. The van der Waals surface area contributed by atoms with E-state index in [1.165, 1.54) is 6.20 Å². The van der Waals surface area contributed by atoms with Gasteiger partial charge in [-0.2, -0.15) is 0 Å². The van der Waals surface area contributed by atoms with Gasteiger partial charge in [0.15, 0.2) is 5.82 Å². The lowest BCUT2D eigenvalue weighted by Gasteiger charge is -2.16. The molecule has 0 radical (unpaired) electrons. The van der Waals surface area contributed by atoms with Crippen molar-refractivity contribution in [1.29, 1.82) is 0 Å². The second-order valence-corrected chi connectivity index (χ2v) is 6.86. The number of nitrogens with zero attached hydrogens (tertiary/aromatic N) is 3. The van der Waals surface area contributed by atoms with Crippen molar-refractivity contribution in [2.24, 2.45) is 10.9 Å². The molecule has 2 aliphatic heterocycles. The summed E-state index contributed by atoms with van der Waals surface area (Å²) in [4.78, 5) is 21.7. The lowest BCUT2D eigenvalue weighted by atomic mass is 10.1. The number of aromatic nitrogens is 1. The third-order valence-electron chi connectivity index (χ3n) is 4.99. The van der Waals surface area contributed by atoms with E-state index in [1.54, 1.807) is 23.5 Å². The van der Waals surface area contributed by atoms with Gasteiger partial charge in [-0.1, -0.05) is 0 Å². The normalized spacial score (nSPS) is 24.3. The largest absolute Gasteiger partial charge is 0.444 e.